The van der Waals surface area contributed by atoms with Gasteiger partial charge in [-0.05, 0) is 41.3 Å². The van der Waals surface area contributed by atoms with E-state index in [1.807, 2.05) is 24.3 Å². The highest BCUT2D eigenvalue weighted by molar-refractivity contribution is 6.31. The quantitative estimate of drug-likeness (QED) is 0.612. The van der Waals surface area contributed by atoms with Gasteiger partial charge in [0.05, 0.1) is 13.7 Å². The molecule has 0 bridgehead atoms. The molecule has 5 atom stereocenters. The summed E-state index contributed by atoms with van der Waals surface area (Å²) in [5.41, 5.74) is 2.47. The standard InChI is InChI=1S/C20H23ClO6/c1-26-14-5-2-11(3-6-14)8-13-9-12(4-7-15(13)21)20-19(25)18(24)17(23)16(10-22)27-20/h2-7,9,16-20,22-25H,8,10H2,1H3/t16?,17-,18?,19?,20+/m1/s1. The zero-order valence-corrected chi connectivity index (χ0v) is 15.6. The van der Waals surface area contributed by atoms with Gasteiger partial charge >= 0.3 is 0 Å². The molecule has 0 amide bonds. The minimum absolute atomic E-state index is 0.465. The fraction of sp³-hybridized carbons (Fsp3) is 0.400. The molecule has 7 heteroatoms. The minimum atomic E-state index is -1.42. The molecule has 1 heterocycles. The number of hydrogen-bond acceptors (Lipinski definition) is 6. The van der Waals surface area contributed by atoms with E-state index in [1.54, 1.807) is 25.3 Å². The number of hydrogen-bond donors (Lipinski definition) is 4. The first-order valence-electron chi connectivity index (χ1n) is 8.66. The third kappa shape index (κ3) is 4.27. The van der Waals surface area contributed by atoms with Gasteiger partial charge in [-0.1, -0.05) is 35.9 Å². The van der Waals surface area contributed by atoms with Gasteiger partial charge < -0.3 is 29.9 Å². The lowest BCUT2D eigenvalue weighted by Crippen LogP contribution is -2.55. The molecule has 27 heavy (non-hydrogen) atoms. The molecule has 6 nitrogen and oxygen atoms in total. The Morgan fingerprint density at radius 1 is 1.00 bits per heavy atom. The zero-order valence-electron chi connectivity index (χ0n) is 14.8. The van der Waals surface area contributed by atoms with E-state index in [0.29, 0.717) is 17.0 Å². The molecule has 0 radical (unpaired) electrons. The van der Waals surface area contributed by atoms with Gasteiger partial charge in [0.15, 0.2) is 0 Å². The van der Waals surface area contributed by atoms with Crippen LogP contribution in [0.25, 0.3) is 0 Å². The van der Waals surface area contributed by atoms with Gasteiger partial charge in [-0.15, -0.1) is 0 Å². The first-order valence-corrected chi connectivity index (χ1v) is 9.04. The predicted molar refractivity (Wildman–Crippen MR) is 100.0 cm³/mol. The fourth-order valence-corrected chi connectivity index (χ4v) is 3.43. The molecule has 1 saturated heterocycles. The number of rotatable bonds is 5. The van der Waals surface area contributed by atoms with E-state index in [1.165, 1.54) is 0 Å². The maximum absolute atomic E-state index is 10.3. The van der Waals surface area contributed by atoms with E-state index in [4.69, 9.17) is 21.1 Å². The molecule has 0 aromatic heterocycles. The summed E-state index contributed by atoms with van der Waals surface area (Å²) in [5.74, 6) is 0.764. The van der Waals surface area contributed by atoms with Crippen LogP contribution in [0.5, 0.6) is 5.75 Å². The molecule has 2 aromatic carbocycles. The van der Waals surface area contributed by atoms with Crippen LogP contribution in [0.4, 0.5) is 0 Å². The van der Waals surface area contributed by atoms with Crippen LogP contribution in [-0.2, 0) is 11.2 Å². The second-order valence-electron chi connectivity index (χ2n) is 6.63. The summed E-state index contributed by atoms with van der Waals surface area (Å²) in [6.45, 7) is -0.465. The summed E-state index contributed by atoms with van der Waals surface area (Å²) in [7, 11) is 1.61. The largest absolute Gasteiger partial charge is 0.497 e. The second-order valence-corrected chi connectivity index (χ2v) is 7.03. The van der Waals surface area contributed by atoms with E-state index in [-0.39, 0.29) is 0 Å². The van der Waals surface area contributed by atoms with Crippen molar-refractivity contribution in [3.05, 3.63) is 64.2 Å². The molecule has 3 unspecified atom stereocenters. The predicted octanol–water partition coefficient (Wildman–Crippen LogP) is 1.45. The highest BCUT2D eigenvalue weighted by atomic mass is 35.5. The first kappa shape index (κ1) is 20.1. The van der Waals surface area contributed by atoms with E-state index in [0.717, 1.165) is 16.9 Å². The summed E-state index contributed by atoms with van der Waals surface area (Å²) in [6.07, 6.45) is -5.39. The average Bonchev–Trinajstić information content (AvgIpc) is 2.69. The van der Waals surface area contributed by atoms with Gasteiger partial charge in [0.1, 0.15) is 36.3 Å². The van der Waals surface area contributed by atoms with Crippen molar-refractivity contribution in [2.45, 2.75) is 36.9 Å². The van der Waals surface area contributed by atoms with Gasteiger partial charge in [-0.25, -0.2) is 0 Å². The maximum Gasteiger partial charge on any atom is 0.118 e. The second kappa shape index (κ2) is 8.56. The molecular weight excluding hydrogens is 372 g/mol. The van der Waals surface area contributed by atoms with E-state index < -0.39 is 37.1 Å². The van der Waals surface area contributed by atoms with Crippen molar-refractivity contribution in [1.82, 2.24) is 0 Å². The molecule has 0 spiro atoms. The van der Waals surface area contributed by atoms with E-state index in [2.05, 4.69) is 0 Å². The molecule has 3 rings (SSSR count). The minimum Gasteiger partial charge on any atom is -0.497 e. The summed E-state index contributed by atoms with van der Waals surface area (Å²) in [6, 6.07) is 12.8. The van der Waals surface area contributed by atoms with Gasteiger partial charge in [0, 0.05) is 5.02 Å². The Hall–Kier alpha value is -1.67. The van der Waals surface area contributed by atoms with Crippen molar-refractivity contribution in [1.29, 1.82) is 0 Å². The van der Waals surface area contributed by atoms with Crippen LogP contribution in [-0.4, -0.2) is 58.6 Å². The molecule has 0 saturated carbocycles. The monoisotopic (exact) mass is 394 g/mol. The van der Waals surface area contributed by atoms with Gasteiger partial charge in [0.25, 0.3) is 0 Å². The Labute approximate surface area is 162 Å². The van der Waals surface area contributed by atoms with Crippen molar-refractivity contribution in [3.8, 4) is 5.75 Å². The summed E-state index contributed by atoms with van der Waals surface area (Å²) >= 11 is 6.33. The third-order valence-corrected chi connectivity index (χ3v) is 5.21. The Balaban J connectivity index is 1.85. The number of benzene rings is 2. The van der Waals surface area contributed by atoms with E-state index >= 15 is 0 Å². The van der Waals surface area contributed by atoms with Crippen molar-refractivity contribution in [2.24, 2.45) is 0 Å². The number of halogens is 1. The summed E-state index contributed by atoms with van der Waals surface area (Å²) < 4.78 is 10.8. The topological polar surface area (TPSA) is 99.4 Å². The van der Waals surface area contributed by atoms with Gasteiger partial charge in [0.2, 0.25) is 0 Å². The van der Waals surface area contributed by atoms with Crippen molar-refractivity contribution in [3.63, 3.8) is 0 Å². The van der Waals surface area contributed by atoms with E-state index in [9.17, 15) is 20.4 Å². The van der Waals surface area contributed by atoms with Crippen LogP contribution in [0.15, 0.2) is 42.5 Å². The zero-order chi connectivity index (χ0) is 19.6. The van der Waals surface area contributed by atoms with Crippen LogP contribution in [0, 0.1) is 0 Å². The van der Waals surface area contributed by atoms with Crippen LogP contribution in [0.2, 0.25) is 5.02 Å². The number of ether oxygens (including phenoxy) is 2. The molecule has 1 aliphatic heterocycles. The molecule has 146 valence electrons. The molecule has 2 aromatic rings. The highest BCUT2D eigenvalue weighted by Gasteiger charge is 2.43. The SMILES string of the molecule is COc1ccc(Cc2cc([C@@H]3OC(CO)[C@@H](O)C(O)C3O)ccc2Cl)cc1. The Kier molecular flexibility index (Phi) is 6.37. The van der Waals surface area contributed by atoms with Gasteiger partial charge in [-0.3, -0.25) is 0 Å². The van der Waals surface area contributed by atoms with Crippen molar-refractivity contribution in [2.75, 3.05) is 13.7 Å². The Morgan fingerprint density at radius 2 is 1.70 bits per heavy atom. The average molecular weight is 395 g/mol. The lowest BCUT2D eigenvalue weighted by atomic mass is 9.90. The lowest BCUT2D eigenvalue weighted by molar-refractivity contribution is -0.231. The summed E-state index contributed by atoms with van der Waals surface area (Å²) in [4.78, 5) is 0. The number of methoxy groups -OCH3 is 1. The molecule has 4 N–H and O–H groups in total. The molecular formula is C20H23ClO6. The number of aliphatic hydroxyl groups is 4. The molecule has 0 aliphatic carbocycles. The Bertz CT molecular complexity index is 764. The first-order chi connectivity index (χ1) is 12.9. The maximum atomic E-state index is 10.3. The Morgan fingerprint density at radius 3 is 2.33 bits per heavy atom. The van der Waals surface area contributed by atoms with Crippen LogP contribution >= 0.6 is 11.6 Å². The highest BCUT2D eigenvalue weighted by Crippen LogP contribution is 2.34. The lowest BCUT2D eigenvalue weighted by Gasteiger charge is -2.40. The van der Waals surface area contributed by atoms with Crippen LogP contribution in [0.3, 0.4) is 0 Å². The third-order valence-electron chi connectivity index (χ3n) is 4.84. The molecule has 1 aliphatic rings. The van der Waals surface area contributed by atoms with Crippen LogP contribution in [0.1, 0.15) is 22.8 Å². The number of aliphatic hydroxyl groups excluding tert-OH is 4. The fourth-order valence-electron chi connectivity index (χ4n) is 3.25. The van der Waals surface area contributed by atoms with Gasteiger partial charge in [-0.2, -0.15) is 0 Å². The molecule has 1 fully saturated rings. The normalized spacial score (nSPS) is 28.1. The van der Waals surface area contributed by atoms with Crippen LogP contribution < -0.4 is 4.74 Å². The van der Waals surface area contributed by atoms with Crippen molar-refractivity contribution >= 4 is 11.6 Å². The summed E-state index contributed by atoms with van der Waals surface area (Å²) in [5, 5.41) is 40.2. The van der Waals surface area contributed by atoms with Crippen molar-refractivity contribution < 1.29 is 29.9 Å². The smallest absolute Gasteiger partial charge is 0.118 e.